The molecule has 0 radical (unpaired) electrons. The van der Waals surface area contributed by atoms with Gasteiger partial charge in [0.05, 0.1) is 5.69 Å². The lowest BCUT2D eigenvalue weighted by atomic mass is 10.1. The largest absolute Gasteiger partial charge is 0.454 e. The van der Waals surface area contributed by atoms with Gasteiger partial charge in [-0.2, -0.15) is 0 Å². The topological polar surface area (TPSA) is 65.1 Å². The Bertz CT molecular complexity index is 630. The normalized spacial score (nSPS) is 13.0. The maximum atomic E-state index is 12.4. The predicted octanol–water partition coefficient (Wildman–Crippen LogP) is 3.32. The summed E-state index contributed by atoms with van der Waals surface area (Å²) in [6, 6.07) is 1.75. The van der Waals surface area contributed by atoms with Crippen LogP contribution < -0.4 is 14.4 Å². The second kappa shape index (κ2) is 5.51. The number of hydrogen-bond acceptors (Lipinski definition) is 5. The monoisotopic (exact) mass is 307 g/mol. The number of fused-ring (bicyclic) bond motifs is 1. The van der Waals surface area contributed by atoms with Crippen LogP contribution in [0.1, 0.15) is 38.8 Å². The number of aryl methyl sites for hydroxylation is 1. The Morgan fingerprint density at radius 1 is 1.23 bits per heavy atom. The van der Waals surface area contributed by atoms with Crippen molar-refractivity contribution in [2.75, 3.05) is 11.7 Å². The first-order valence-corrected chi connectivity index (χ1v) is 7.05. The van der Waals surface area contributed by atoms with Crippen molar-refractivity contribution in [2.24, 2.45) is 0 Å². The standard InChI is InChI=1S/C16H21NO5/c1-9-7-12-14(21-8-20-12)10(2)13(9)17(11(3)18)15(19)22-16(4,5)6/h7H,8H2,1-6H3. The molecule has 1 heterocycles. The van der Waals surface area contributed by atoms with Gasteiger partial charge in [-0.25, -0.2) is 9.69 Å². The van der Waals surface area contributed by atoms with Gasteiger partial charge in [0, 0.05) is 12.5 Å². The molecule has 1 aromatic carbocycles. The van der Waals surface area contributed by atoms with Crippen LogP contribution in [0.25, 0.3) is 0 Å². The number of carbonyl (C=O) groups is 2. The lowest BCUT2D eigenvalue weighted by molar-refractivity contribution is -0.116. The van der Waals surface area contributed by atoms with Crippen LogP contribution in [0.15, 0.2) is 6.07 Å². The number of imide groups is 1. The SMILES string of the molecule is CC(=O)N(C(=O)OC(C)(C)C)c1c(C)cc2c(c1C)OCO2. The Kier molecular flexibility index (Phi) is 4.04. The van der Waals surface area contributed by atoms with Crippen molar-refractivity contribution in [2.45, 2.75) is 47.1 Å². The molecule has 1 aliphatic heterocycles. The molecule has 0 bridgehead atoms. The van der Waals surface area contributed by atoms with E-state index in [2.05, 4.69) is 0 Å². The van der Waals surface area contributed by atoms with Gasteiger partial charge >= 0.3 is 6.09 Å². The number of rotatable bonds is 1. The lowest BCUT2D eigenvalue weighted by Crippen LogP contribution is -2.40. The lowest BCUT2D eigenvalue weighted by Gasteiger charge is -2.27. The van der Waals surface area contributed by atoms with Crippen molar-refractivity contribution in [3.8, 4) is 11.5 Å². The minimum absolute atomic E-state index is 0.131. The van der Waals surface area contributed by atoms with Crippen molar-refractivity contribution in [3.05, 3.63) is 17.2 Å². The van der Waals surface area contributed by atoms with Crippen LogP contribution in [0.3, 0.4) is 0 Å². The van der Waals surface area contributed by atoms with Gasteiger partial charge in [0.2, 0.25) is 12.7 Å². The molecular weight excluding hydrogens is 286 g/mol. The fourth-order valence-electron chi connectivity index (χ4n) is 2.39. The van der Waals surface area contributed by atoms with E-state index in [0.29, 0.717) is 22.7 Å². The van der Waals surface area contributed by atoms with Gasteiger partial charge in [-0.3, -0.25) is 4.79 Å². The minimum atomic E-state index is -0.704. The van der Waals surface area contributed by atoms with Crippen LogP contribution in [-0.4, -0.2) is 24.4 Å². The second-order valence-electron chi connectivity index (χ2n) is 6.24. The maximum absolute atomic E-state index is 12.4. The molecule has 0 atom stereocenters. The summed E-state index contributed by atoms with van der Waals surface area (Å²) in [5, 5.41) is 0. The zero-order valence-corrected chi connectivity index (χ0v) is 13.8. The number of hydrogen-bond donors (Lipinski definition) is 0. The summed E-state index contributed by atoms with van der Waals surface area (Å²) in [4.78, 5) is 25.5. The molecule has 2 rings (SSSR count). The third-order valence-corrected chi connectivity index (χ3v) is 3.17. The van der Waals surface area contributed by atoms with Crippen molar-refractivity contribution < 1.29 is 23.8 Å². The average molecular weight is 307 g/mol. The number of amides is 2. The van der Waals surface area contributed by atoms with Gasteiger partial charge in [-0.15, -0.1) is 0 Å². The van der Waals surface area contributed by atoms with E-state index in [4.69, 9.17) is 14.2 Å². The number of anilines is 1. The van der Waals surface area contributed by atoms with Crippen molar-refractivity contribution in [1.82, 2.24) is 0 Å². The summed E-state index contributed by atoms with van der Waals surface area (Å²) in [6.45, 7) is 10.3. The summed E-state index contributed by atoms with van der Waals surface area (Å²) in [6.07, 6.45) is -0.704. The maximum Gasteiger partial charge on any atom is 0.421 e. The Morgan fingerprint density at radius 2 is 1.86 bits per heavy atom. The Hall–Kier alpha value is -2.24. The molecule has 1 aliphatic rings. The first kappa shape index (κ1) is 16.1. The summed E-state index contributed by atoms with van der Waals surface area (Å²) in [5.41, 5.74) is 1.20. The summed E-state index contributed by atoms with van der Waals surface area (Å²) < 4.78 is 16.1. The first-order chi connectivity index (χ1) is 10.1. The molecule has 0 aromatic heterocycles. The van der Waals surface area contributed by atoms with Gasteiger partial charge in [0.15, 0.2) is 11.5 Å². The van der Waals surface area contributed by atoms with Gasteiger partial charge in [-0.05, 0) is 46.2 Å². The molecule has 120 valence electrons. The fourth-order valence-corrected chi connectivity index (χ4v) is 2.39. The van der Waals surface area contributed by atoms with E-state index in [1.807, 2.05) is 6.92 Å². The van der Waals surface area contributed by atoms with Crippen LogP contribution in [0.4, 0.5) is 10.5 Å². The molecule has 0 saturated heterocycles. The highest BCUT2D eigenvalue weighted by atomic mass is 16.7. The summed E-state index contributed by atoms with van der Waals surface area (Å²) >= 11 is 0. The molecule has 0 aliphatic carbocycles. The highest BCUT2D eigenvalue weighted by Gasteiger charge is 2.31. The van der Waals surface area contributed by atoms with Crippen molar-refractivity contribution in [3.63, 3.8) is 0 Å². The second-order valence-corrected chi connectivity index (χ2v) is 6.24. The van der Waals surface area contributed by atoms with Gasteiger partial charge < -0.3 is 14.2 Å². The Morgan fingerprint density at radius 3 is 2.41 bits per heavy atom. The average Bonchev–Trinajstić information content (AvgIpc) is 2.79. The number of carbonyl (C=O) groups excluding carboxylic acids is 2. The summed E-state index contributed by atoms with van der Waals surface area (Å²) in [5.74, 6) is 0.751. The quantitative estimate of drug-likeness (QED) is 0.796. The van der Waals surface area contributed by atoms with Crippen molar-refractivity contribution >= 4 is 17.7 Å². The zero-order valence-electron chi connectivity index (χ0n) is 13.8. The molecule has 0 unspecified atom stereocenters. The molecule has 0 saturated carbocycles. The van der Waals surface area contributed by atoms with Crippen LogP contribution in [-0.2, 0) is 9.53 Å². The van der Waals surface area contributed by atoms with E-state index in [1.54, 1.807) is 33.8 Å². The number of nitrogens with zero attached hydrogens (tertiary/aromatic N) is 1. The van der Waals surface area contributed by atoms with E-state index in [1.165, 1.54) is 6.92 Å². The number of ether oxygens (including phenoxy) is 3. The van der Waals surface area contributed by atoms with Crippen LogP contribution in [0.2, 0.25) is 0 Å². The minimum Gasteiger partial charge on any atom is -0.454 e. The fraction of sp³-hybridized carbons (Fsp3) is 0.500. The summed E-state index contributed by atoms with van der Waals surface area (Å²) in [7, 11) is 0. The van der Waals surface area contributed by atoms with Gasteiger partial charge in [0.25, 0.3) is 0 Å². The molecule has 0 spiro atoms. The molecule has 6 nitrogen and oxygen atoms in total. The van der Waals surface area contributed by atoms with E-state index in [-0.39, 0.29) is 6.79 Å². The molecule has 22 heavy (non-hydrogen) atoms. The van der Waals surface area contributed by atoms with Gasteiger partial charge in [-0.1, -0.05) is 0 Å². The molecule has 0 fully saturated rings. The first-order valence-electron chi connectivity index (χ1n) is 7.05. The van der Waals surface area contributed by atoms with Crippen LogP contribution in [0.5, 0.6) is 11.5 Å². The smallest absolute Gasteiger partial charge is 0.421 e. The van der Waals surface area contributed by atoms with Crippen molar-refractivity contribution in [1.29, 1.82) is 0 Å². The molecule has 0 N–H and O–H groups in total. The highest BCUT2D eigenvalue weighted by Crippen LogP contribution is 2.43. The third-order valence-electron chi connectivity index (χ3n) is 3.17. The van der Waals surface area contributed by atoms with Crippen LogP contribution >= 0.6 is 0 Å². The molecule has 1 aromatic rings. The number of benzene rings is 1. The Balaban J connectivity index is 2.51. The molecular formula is C16H21NO5. The third kappa shape index (κ3) is 3.00. The predicted molar refractivity (Wildman–Crippen MR) is 81.4 cm³/mol. The van der Waals surface area contributed by atoms with Crippen LogP contribution in [0, 0.1) is 13.8 Å². The Labute approximate surface area is 129 Å². The highest BCUT2D eigenvalue weighted by molar-refractivity contribution is 6.12. The zero-order chi connectivity index (χ0) is 16.7. The molecule has 6 heteroatoms. The van der Waals surface area contributed by atoms with Gasteiger partial charge in [0.1, 0.15) is 5.60 Å². The van der Waals surface area contributed by atoms with E-state index in [0.717, 1.165) is 10.5 Å². The van der Waals surface area contributed by atoms with E-state index >= 15 is 0 Å². The van der Waals surface area contributed by atoms with E-state index < -0.39 is 17.6 Å². The molecule has 2 amide bonds. The van der Waals surface area contributed by atoms with E-state index in [9.17, 15) is 9.59 Å².